The zero-order valence-corrected chi connectivity index (χ0v) is 18.0. The Kier molecular flexibility index (Phi) is 7.16. The Morgan fingerprint density at radius 2 is 2.00 bits per heavy atom. The fourth-order valence-corrected chi connectivity index (χ4v) is 5.19. The molecule has 0 fully saturated rings. The molecule has 2 heterocycles. The van der Waals surface area contributed by atoms with Crippen LogP contribution in [0.25, 0.3) is 0 Å². The summed E-state index contributed by atoms with van der Waals surface area (Å²) in [6.45, 7) is 3.92. The van der Waals surface area contributed by atoms with Gasteiger partial charge in [0.2, 0.25) is 0 Å². The van der Waals surface area contributed by atoms with Crippen molar-refractivity contribution in [2.45, 2.75) is 46.0 Å². The van der Waals surface area contributed by atoms with Crippen molar-refractivity contribution in [1.29, 1.82) is 0 Å². The van der Waals surface area contributed by atoms with Crippen molar-refractivity contribution in [1.82, 2.24) is 5.43 Å². The van der Waals surface area contributed by atoms with Gasteiger partial charge in [0.15, 0.2) is 0 Å². The monoisotopic (exact) mass is 433 g/mol. The third-order valence-corrected chi connectivity index (χ3v) is 6.74. The van der Waals surface area contributed by atoms with E-state index in [1.165, 1.54) is 28.9 Å². The van der Waals surface area contributed by atoms with Crippen molar-refractivity contribution in [3.05, 3.63) is 37.9 Å². The number of carbonyl (C=O) groups is 3. The van der Waals surface area contributed by atoms with Gasteiger partial charge >= 0.3 is 17.8 Å². The van der Waals surface area contributed by atoms with Gasteiger partial charge in [-0.2, -0.15) is 5.10 Å². The first-order valence-corrected chi connectivity index (χ1v) is 11.2. The topological polar surface area (TPSA) is 96.9 Å². The highest BCUT2D eigenvalue weighted by Crippen LogP contribution is 2.38. The second-order valence-corrected chi connectivity index (χ2v) is 8.66. The minimum atomic E-state index is -0.895. The number of thiophene rings is 2. The fourth-order valence-electron chi connectivity index (χ4n) is 3.13. The molecule has 2 aromatic heterocycles. The first-order valence-electron chi connectivity index (χ1n) is 9.51. The molecule has 1 aliphatic carbocycles. The maximum atomic E-state index is 12.5. The number of rotatable bonds is 5. The van der Waals surface area contributed by atoms with E-state index in [0.717, 1.165) is 53.0 Å². The van der Waals surface area contributed by atoms with Crippen LogP contribution in [0.1, 0.15) is 57.4 Å². The highest BCUT2D eigenvalue weighted by molar-refractivity contribution is 7.17. The number of carbonyl (C=O) groups excluding carboxylic acids is 3. The Bertz CT molecular complexity index is 946. The molecule has 29 heavy (non-hydrogen) atoms. The maximum absolute atomic E-state index is 12.5. The summed E-state index contributed by atoms with van der Waals surface area (Å²) in [6, 6.07) is 1.94. The van der Waals surface area contributed by atoms with Crippen LogP contribution in [-0.4, -0.2) is 30.6 Å². The van der Waals surface area contributed by atoms with Gasteiger partial charge in [-0.25, -0.2) is 10.2 Å². The summed E-state index contributed by atoms with van der Waals surface area (Å²) in [4.78, 5) is 39.0. The van der Waals surface area contributed by atoms with E-state index in [9.17, 15) is 14.4 Å². The van der Waals surface area contributed by atoms with Crippen molar-refractivity contribution in [2.75, 3.05) is 11.9 Å². The molecule has 2 amide bonds. The van der Waals surface area contributed by atoms with E-state index in [-0.39, 0.29) is 6.61 Å². The predicted octanol–water partition coefficient (Wildman–Crippen LogP) is 3.65. The molecule has 0 unspecified atom stereocenters. The highest BCUT2D eigenvalue weighted by atomic mass is 32.1. The number of amides is 2. The lowest BCUT2D eigenvalue weighted by atomic mass is 10.1. The number of nitrogens with one attached hydrogen (secondary N) is 2. The molecule has 0 radical (unpaired) electrons. The fraction of sp³-hybridized carbons (Fsp3) is 0.400. The van der Waals surface area contributed by atoms with Gasteiger partial charge in [-0.1, -0.05) is 6.42 Å². The van der Waals surface area contributed by atoms with Crippen molar-refractivity contribution in [2.24, 2.45) is 5.10 Å². The summed E-state index contributed by atoms with van der Waals surface area (Å²) in [5.74, 6) is -2.23. The number of hydrogen-bond acceptors (Lipinski definition) is 7. The van der Waals surface area contributed by atoms with E-state index in [4.69, 9.17) is 4.74 Å². The third kappa shape index (κ3) is 5.10. The van der Waals surface area contributed by atoms with Crippen LogP contribution in [0.4, 0.5) is 5.00 Å². The predicted molar refractivity (Wildman–Crippen MR) is 115 cm³/mol. The Morgan fingerprint density at radius 3 is 2.72 bits per heavy atom. The Morgan fingerprint density at radius 1 is 1.21 bits per heavy atom. The molecule has 0 saturated carbocycles. The molecular formula is C20H23N3O4S2. The zero-order chi connectivity index (χ0) is 20.8. The lowest BCUT2D eigenvalue weighted by Crippen LogP contribution is -2.32. The van der Waals surface area contributed by atoms with Crippen molar-refractivity contribution < 1.29 is 19.1 Å². The molecule has 0 bridgehead atoms. The van der Waals surface area contributed by atoms with Crippen LogP contribution in [0.2, 0.25) is 0 Å². The molecule has 1 aliphatic rings. The number of aryl methyl sites for hydroxylation is 2. The third-order valence-electron chi connectivity index (χ3n) is 4.58. The zero-order valence-electron chi connectivity index (χ0n) is 16.4. The van der Waals surface area contributed by atoms with Crippen LogP contribution in [-0.2, 0) is 27.2 Å². The average molecular weight is 434 g/mol. The number of nitrogens with zero attached hydrogens (tertiary/aromatic N) is 1. The molecule has 9 heteroatoms. The summed E-state index contributed by atoms with van der Waals surface area (Å²) in [5.41, 5.74) is 4.59. The van der Waals surface area contributed by atoms with Crippen LogP contribution in [0.5, 0.6) is 0 Å². The summed E-state index contributed by atoms with van der Waals surface area (Å²) < 4.78 is 5.19. The van der Waals surface area contributed by atoms with Crippen LogP contribution >= 0.6 is 22.7 Å². The molecule has 0 saturated heterocycles. The van der Waals surface area contributed by atoms with E-state index in [1.807, 2.05) is 18.4 Å². The number of hydrogen-bond donors (Lipinski definition) is 2. The van der Waals surface area contributed by atoms with Gasteiger partial charge < -0.3 is 10.1 Å². The number of fused-ring (bicyclic) bond motifs is 1. The molecule has 0 aromatic carbocycles. The van der Waals surface area contributed by atoms with E-state index in [1.54, 1.807) is 6.92 Å². The Balaban J connectivity index is 1.73. The molecule has 7 nitrogen and oxygen atoms in total. The molecule has 2 aromatic rings. The second kappa shape index (κ2) is 9.80. The second-order valence-electron chi connectivity index (χ2n) is 6.61. The van der Waals surface area contributed by atoms with Crippen LogP contribution in [0.3, 0.4) is 0 Å². The highest BCUT2D eigenvalue weighted by Gasteiger charge is 2.27. The van der Waals surface area contributed by atoms with Gasteiger partial charge in [0, 0.05) is 9.75 Å². The van der Waals surface area contributed by atoms with Gasteiger partial charge in [0.1, 0.15) is 5.00 Å². The van der Waals surface area contributed by atoms with Crippen molar-refractivity contribution in [3.63, 3.8) is 0 Å². The molecular weight excluding hydrogens is 410 g/mol. The summed E-state index contributed by atoms with van der Waals surface area (Å²) in [6.07, 6.45) is 6.27. The lowest BCUT2D eigenvalue weighted by molar-refractivity contribution is -0.136. The van der Waals surface area contributed by atoms with E-state index in [0.29, 0.717) is 10.6 Å². The van der Waals surface area contributed by atoms with Gasteiger partial charge in [-0.15, -0.1) is 22.7 Å². The van der Waals surface area contributed by atoms with Crippen molar-refractivity contribution in [3.8, 4) is 0 Å². The van der Waals surface area contributed by atoms with Gasteiger partial charge in [0.25, 0.3) is 0 Å². The molecule has 0 atom stereocenters. The number of hydrazone groups is 1. The lowest BCUT2D eigenvalue weighted by Gasteiger charge is -2.08. The van der Waals surface area contributed by atoms with Crippen LogP contribution in [0, 0.1) is 6.92 Å². The van der Waals surface area contributed by atoms with E-state index < -0.39 is 17.8 Å². The maximum Gasteiger partial charge on any atom is 0.341 e. The quantitative estimate of drug-likeness (QED) is 0.247. The Hall–Kier alpha value is -2.52. The average Bonchev–Trinajstić information content (AvgIpc) is 3.17. The van der Waals surface area contributed by atoms with Gasteiger partial charge in [-0.3, -0.25) is 9.59 Å². The largest absolute Gasteiger partial charge is 0.462 e. The smallest absolute Gasteiger partial charge is 0.341 e. The summed E-state index contributed by atoms with van der Waals surface area (Å²) >= 11 is 2.84. The molecule has 3 rings (SSSR count). The SMILES string of the molecule is CCOC(=O)c1c(NC(=O)C(=O)N/N=C/c2sccc2C)sc2c1CCCCC2. The van der Waals surface area contributed by atoms with E-state index >= 15 is 0 Å². The Labute approximate surface area is 177 Å². The number of esters is 1. The first kappa shape index (κ1) is 21.2. The molecule has 0 aliphatic heterocycles. The van der Waals surface area contributed by atoms with E-state index in [2.05, 4.69) is 15.8 Å². The molecule has 2 N–H and O–H groups in total. The van der Waals surface area contributed by atoms with Crippen LogP contribution in [0.15, 0.2) is 16.5 Å². The van der Waals surface area contributed by atoms with Crippen LogP contribution < -0.4 is 10.7 Å². The van der Waals surface area contributed by atoms with Gasteiger partial charge in [0.05, 0.1) is 18.4 Å². The standard InChI is InChI=1S/C20H23N3O4S2/c1-3-27-20(26)16-13-7-5-4-6-8-14(13)29-19(16)22-17(24)18(25)23-21-11-15-12(2)9-10-28-15/h9-11H,3-8H2,1-2H3,(H,22,24)(H,23,25)/b21-11+. The number of anilines is 1. The minimum absolute atomic E-state index is 0.244. The first-order chi connectivity index (χ1) is 14.0. The van der Waals surface area contributed by atoms with Crippen molar-refractivity contribution >= 4 is 51.7 Å². The molecule has 154 valence electrons. The number of ether oxygens (including phenoxy) is 1. The summed E-state index contributed by atoms with van der Waals surface area (Å²) in [7, 11) is 0. The normalized spacial score (nSPS) is 13.6. The van der Waals surface area contributed by atoms with Gasteiger partial charge in [-0.05, 0) is 62.1 Å². The minimum Gasteiger partial charge on any atom is -0.462 e. The molecule has 0 spiro atoms. The summed E-state index contributed by atoms with van der Waals surface area (Å²) in [5, 5.41) is 8.70.